The van der Waals surface area contributed by atoms with Crippen molar-refractivity contribution in [2.75, 3.05) is 0 Å². The molecule has 0 aliphatic carbocycles. The van der Waals surface area contributed by atoms with Crippen molar-refractivity contribution in [1.29, 1.82) is 0 Å². The summed E-state index contributed by atoms with van der Waals surface area (Å²) in [6.07, 6.45) is 0.798. The second kappa shape index (κ2) is 4.97. The van der Waals surface area contributed by atoms with Crippen LogP contribution in [0, 0.1) is 13.8 Å². The van der Waals surface area contributed by atoms with Gasteiger partial charge in [-0.25, -0.2) is 4.98 Å². The fourth-order valence-electron chi connectivity index (χ4n) is 2.06. The molecule has 96 valence electrons. The molecule has 1 N–H and O–H groups in total. The highest BCUT2D eigenvalue weighted by Gasteiger charge is 2.08. The average Bonchev–Trinajstić information content (AvgIpc) is 3.04. The predicted molar refractivity (Wildman–Crippen MR) is 78.4 cm³/mol. The van der Waals surface area contributed by atoms with Crippen LogP contribution in [-0.2, 0) is 6.42 Å². The molecular formula is C15H15N3S. The summed E-state index contributed by atoms with van der Waals surface area (Å²) >= 11 is 1.66. The topological polar surface area (TPSA) is 41.6 Å². The first-order valence-corrected chi connectivity index (χ1v) is 7.11. The van der Waals surface area contributed by atoms with Crippen molar-refractivity contribution in [3.05, 3.63) is 58.2 Å². The Labute approximate surface area is 116 Å². The van der Waals surface area contributed by atoms with E-state index in [1.165, 1.54) is 16.7 Å². The number of H-pyrrole nitrogens is 1. The first-order valence-electron chi connectivity index (χ1n) is 6.23. The van der Waals surface area contributed by atoms with E-state index in [1.807, 2.05) is 17.5 Å². The van der Waals surface area contributed by atoms with E-state index in [9.17, 15) is 0 Å². The van der Waals surface area contributed by atoms with Gasteiger partial charge >= 0.3 is 0 Å². The summed E-state index contributed by atoms with van der Waals surface area (Å²) in [5.41, 5.74) is 3.87. The zero-order valence-corrected chi connectivity index (χ0v) is 11.8. The third-order valence-corrected chi connectivity index (χ3v) is 4.00. The Morgan fingerprint density at radius 2 is 2.11 bits per heavy atom. The monoisotopic (exact) mass is 269 g/mol. The van der Waals surface area contributed by atoms with E-state index >= 15 is 0 Å². The maximum atomic E-state index is 4.56. The molecule has 1 aromatic carbocycles. The molecule has 2 heterocycles. The summed E-state index contributed by atoms with van der Waals surface area (Å²) in [5, 5.41) is 9.35. The second-order valence-electron chi connectivity index (χ2n) is 4.69. The van der Waals surface area contributed by atoms with Gasteiger partial charge in [-0.3, -0.25) is 5.10 Å². The maximum Gasteiger partial charge on any atom is 0.191 e. The van der Waals surface area contributed by atoms with Gasteiger partial charge in [0.05, 0.1) is 4.88 Å². The lowest BCUT2D eigenvalue weighted by Gasteiger charge is -2.04. The lowest BCUT2D eigenvalue weighted by Crippen LogP contribution is -1.94. The first kappa shape index (κ1) is 12.1. The van der Waals surface area contributed by atoms with E-state index in [4.69, 9.17) is 0 Å². The number of aromatic nitrogens is 3. The third kappa shape index (κ3) is 2.58. The van der Waals surface area contributed by atoms with Gasteiger partial charge in [-0.2, -0.15) is 5.10 Å². The van der Waals surface area contributed by atoms with Gasteiger partial charge in [0.25, 0.3) is 0 Å². The van der Waals surface area contributed by atoms with Gasteiger partial charge in [0.15, 0.2) is 5.82 Å². The van der Waals surface area contributed by atoms with Gasteiger partial charge in [-0.05, 0) is 36.4 Å². The van der Waals surface area contributed by atoms with Crippen LogP contribution in [0.15, 0.2) is 35.7 Å². The van der Waals surface area contributed by atoms with E-state index in [-0.39, 0.29) is 0 Å². The van der Waals surface area contributed by atoms with E-state index < -0.39 is 0 Å². The predicted octanol–water partition coefficient (Wildman–Crippen LogP) is 3.74. The highest BCUT2D eigenvalue weighted by Crippen LogP contribution is 2.21. The zero-order valence-electron chi connectivity index (χ0n) is 11.0. The molecule has 0 atom stereocenters. The Kier molecular flexibility index (Phi) is 3.17. The molecule has 0 unspecified atom stereocenters. The Bertz CT molecular complexity index is 683. The van der Waals surface area contributed by atoms with Gasteiger partial charge in [0.2, 0.25) is 0 Å². The number of rotatable bonds is 3. The van der Waals surface area contributed by atoms with Crippen LogP contribution in [0.25, 0.3) is 10.7 Å². The van der Waals surface area contributed by atoms with Crippen LogP contribution in [0.4, 0.5) is 0 Å². The summed E-state index contributed by atoms with van der Waals surface area (Å²) in [4.78, 5) is 5.66. The minimum atomic E-state index is 0.787. The van der Waals surface area contributed by atoms with Gasteiger partial charge < -0.3 is 0 Å². The molecule has 0 saturated heterocycles. The molecule has 0 amide bonds. The Morgan fingerprint density at radius 3 is 2.89 bits per heavy atom. The summed E-state index contributed by atoms with van der Waals surface area (Å²) in [6, 6.07) is 10.6. The molecule has 0 fully saturated rings. The molecule has 0 saturated carbocycles. The van der Waals surface area contributed by atoms with Crippen molar-refractivity contribution in [2.45, 2.75) is 20.3 Å². The summed E-state index contributed by atoms with van der Waals surface area (Å²) < 4.78 is 0. The number of aromatic amines is 1. The van der Waals surface area contributed by atoms with Crippen LogP contribution >= 0.6 is 11.3 Å². The highest BCUT2D eigenvalue weighted by molar-refractivity contribution is 7.13. The molecule has 0 spiro atoms. The summed E-state index contributed by atoms with van der Waals surface area (Å²) in [6.45, 7) is 4.24. The minimum absolute atomic E-state index is 0.787. The Hall–Kier alpha value is -1.94. The van der Waals surface area contributed by atoms with E-state index in [0.29, 0.717) is 0 Å². The molecule has 0 aliphatic heterocycles. The van der Waals surface area contributed by atoms with E-state index in [1.54, 1.807) is 11.3 Å². The number of thiophene rings is 1. The molecule has 4 heteroatoms. The van der Waals surface area contributed by atoms with Crippen molar-refractivity contribution in [3.63, 3.8) is 0 Å². The molecule has 19 heavy (non-hydrogen) atoms. The number of aryl methyl sites for hydroxylation is 2. The number of benzene rings is 1. The van der Waals surface area contributed by atoms with Gasteiger partial charge in [-0.1, -0.05) is 29.8 Å². The van der Waals surface area contributed by atoms with Crippen molar-refractivity contribution < 1.29 is 0 Å². The normalized spacial score (nSPS) is 10.8. The van der Waals surface area contributed by atoms with Crippen molar-refractivity contribution >= 4 is 11.3 Å². The quantitative estimate of drug-likeness (QED) is 0.787. The molecule has 0 radical (unpaired) electrons. The maximum absolute atomic E-state index is 4.56. The van der Waals surface area contributed by atoms with Crippen LogP contribution in [0.5, 0.6) is 0 Å². The molecule has 3 rings (SSSR count). The molecule has 2 aromatic heterocycles. The molecular weight excluding hydrogens is 254 g/mol. The SMILES string of the molecule is Cc1ccc(C)c(Cc2nc(-c3cccs3)n[nH]2)c1. The fourth-order valence-corrected chi connectivity index (χ4v) is 2.72. The second-order valence-corrected chi connectivity index (χ2v) is 5.64. The van der Waals surface area contributed by atoms with Crippen molar-refractivity contribution in [1.82, 2.24) is 15.2 Å². The first-order chi connectivity index (χ1) is 9.22. The third-order valence-electron chi connectivity index (χ3n) is 3.14. The average molecular weight is 269 g/mol. The van der Waals surface area contributed by atoms with Crippen molar-refractivity contribution in [2.24, 2.45) is 0 Å². The summed E-state index contributed by atoms with van der Waals surface area (Å²) in [7, 11) is 0. The highest BCUT2D eigenvalue weighted by atomic mass is 32.1. The number of nitrogens with one attached hydrogen (secondary N) is 1. The summed E-state index contributed by atoms with van der Waals surface area (Å²) in [5.74, 6) is 1.70. The zero-order chi connectivity index (χ0) is 13.2. The van der Waals surface area contributed by atoms with Crippen LogP contribution in [0.2, 0.25) is 0 Å². The number of nitrogens with zero attached hydrogens (tertiary/aromatic N) is 2. The lowest BCUT2D eigenvalue weighted by atomic mass is 10.0. The smallest absolute Gasteiger partial charge is 0.191 e. The molecule has 0 aliphatic rings. The van der Waals surface area contributed by atoms with Gasteiger partial charge in [0.1, 0.15) is 5.82 Å². The van der Waals surface area contributed by atoms with Crippen LogP contribution in [0.1, 0.15) is 22.5 Å². The van der Waals surface area contributed by atoms with Crippen LogP contribution < -0.4 is 0 Å². The number of hydrogen-bond acceptors (Lipinski definition) is 3. The van der Waals surface area contributed by atoms with E-state index in [2.05, 4.69) is 47.2 Å². The van der Waals surface area contributed by atoms with Crippen LogP contribution in [0.3, 0.4) is 0 Å². The van der Waals surface area contributed by atoms with E-state index in [0.717, 1.165) is 22.9 Å². The largest absolute Gasteiger partial charge is 0.262 e. The Morgan fingerprint density at radius 1 is 1.21 bits per heavy atom. The van der Waals surface area contributed by atoms with Crippen LogP contribution in [-0.4, -0.2) is 15.2 Å². The van der Waals surface area contributed by atoms with Gasteiger partial charge in [0, 0.05) is 6.42 Å². The molecule has 3 aromatic rings. The molecule has 0 bridgehead atoms. The molecule has 3 nitrogen and oxygen atoms in total. The standard InChI is InChI=1S/C15H15N3S/c1-10-5-6-11(2)12(8-10)9-14-16-15(18-17-14)13-4-3-7-19-13/h3-8H,9H2,1-2H3,(H,16,17,18). The van der Waals surface area contributed by atoms with Gasteiger partial charge in [-0.15, -0.1) is 11.3 Å². The minimum Gasteiger partial charge on any atom is -0.262 e. The van der Waals surface area contributed by atoms with Crippen molar-refractivity contribution in [3.8, 4) is 10.7 Å². The fraction of sp³-hybridized carbons (Fsp3) is 0.200. The number of hydrogen-bond donors (Lipinski definition) is 1. The Balaban J connectivity index is 1.86. The lowest BCUT2D eigenvalue weighted by molar-refractivity contribution is 0.964.